The Balaban J connectivity index is 2.34. The Morgan fingerprint density at radius 2 is 2.00 bits per heavy atom. The van der Waals surface area contributed by atoms with Gasteiger partial charge in [0.05, 0.1) is 14.2 Å². The molecule has 1 heterocycles. The van der Waals surface area contributed by atoms with Crippen molar-refractivity contribution in [3.05, 3.63) is 17.7 Å². The summed E-state index contributed by atoms with van der Waals surface area (Å²) in [4.78, 5) is 0. The quantitative estimate of drug-likeness (QED) is 0.842. The number of benzene rings is 1. The summed E-state index contributed by atoms with van der Waals surface area (Å²) < 4.78 is 10.5. The maximum absolute atomic E-state index is 9.84. The standard InChI is InChI=1S/C13H19NO3/c1-16-12-7-13(17-2)11(15)6-10(12)9-4-3-5-14-8-9/h6-7,9,14-15H,3-5,8H2,1-2H3. The number of phenolic OH excluding ortho intramolecular Hbond substituents is 1. The molecule has 1 saturated heterocycles. The number of phenols is 1. The predicted octanol–water partition coefficient (Wildman–Crippen LogP) is 1.88. The molecule has 0 aliphatic carbocycles. The topological polar surface area (TPSA) is 50.7 Å². The van der Waals surface area contributed by atoms with Gasteiger partial charge in [-0.25, -0.2) is 0 Å². The summed E-state index contributed by atoms with van der Waals surface area (Å²) in [6, 6.07) is 3.51. The van der Waals surface area contributed by atoms with Gasteiger partial charge in [-0.3, -0.25) is 0 Å². The number of nitrogens with one attached hydrogen (secondary N) is 1. The van der Waals surface area contributed by atoms with Crippen molar-refractivity contribution in [3.63, 3.8) is 0 Å². The molecular formula is C13H19NO3. The fourth-order valence-electron chi connectivity index (χ4n) is 2.34. The summed E-state index contributed by atoms with van der Waals surface area (Å²) in [5.41, 5.74) is 1.05. The lowest BCUT2D eigenvalue weighted by atomic mass is 9.90. The van der Waals surface area contributed by atoms with E-state index in [4.69, 9.17) is 9.47 Å². The lowest BCUT2D eigenvalue weighted by Gasteiger charge is -2.25. The van der Waals surface area contributed by atoms with E-state index >= 15 is 0 Å². The van der Waals surface area contributed by atoms with Crippen molar-refractivity contribution < 1.29 is 14.6 Å². The molecule has 1 aliphatic rings. The van der Waals surface area contributed by atoms with Crippen LogP contribution in [0.5, 0.6) is 17.2 Å². The van der Waals surface area contributed by atoms with Gasteiger partial charge in [-0.15, -0.1) is 0 Å². The van der Waals surface area contributed by atoms with E-state index in [-0.39, 0.29) is 5.75 Å². The molecule has 0 amide bonds. The highest BCUT2D eigenvalue weighted by Crippen LogP contribution is 2.39. The van der Waals surface area contributed by atoms with Crippen LogP contribution in [0.4, 0.5) is 0 Å². The molecule has 1 unspecified atom stereocenters. The molecule has 0 saturated carbocycles. The van der Waals surface area contributed by atoms with E-state index in [2.05, 4.69) is 5.32 Å². The third-order valence-corrected chi connectivity index (χ3v) is 3.27. The second kappa shape index (κ2) is 5.27. The fraction of sp³-hybridized carbons (Fsp3) is 0.538. The molecule has 0 spiro atoms. The van der Waals surface area contributed by atoms with Crippen LogP contribution in [0, 0.1) is 0 Å². The number of ether oxygens (including phenoxy) is 2. The van der Waals surface area contributed by atoms with Crippen LogP contribution in [-0.4, -0.2) is 32.4 Å². The summed E-state index contributed by atoms with van der Waals surface area (Å²) in [5, 5.41) is 13.2. The highest BCUT2D eigenvalue weighted by molar-refractivity contribution is 5.51. The van der Waals surface area contributed by atoms with E-state index in [0.29, 0.717) is 11.7 Å². The van der Waals surface area contributed by atoms with Gasteiger partial charge in [-0.1, -0.05) is 0 Å². The van der Waals surface area contributed by atoms with Crippen molar-refractivity contribution in [2.75, 3.05) is 27.3 Å². The first-order chi connectivity index (χ1) is 8.26. The van der Waals surface area contributed by atoms with Gasteiger partial charge in [0.1, 0.15) is 5.75 Å². The molecule has 1 aliphatic heterocycles. The zero-order chi connectivity index (χ0) is 12.3. The average molecular weight is 237 g/mol. The van der Waals surface area contributed by atoms with Gasteiger partial charge in [0.25, 0.3) is 0 Å². The summed E-state index contributed by atoms with van der Waals surface area (Å²) in [6.07, 6.45) is 2.27. The molecule has 4 heteroatoms. The molecule has 0 bridgehead atoms. The largest absolute Gasteiger partial charge is 0.504 e. The number of methoxy groups -OCH3 is 2. The number of hydrogen-bond acceptors (Lipinski definition) is 4. The molecule has 1 aromatic carbocycles. The smallest absolute Gasteiger partial charge is 0.164 e. The van der Waals surface area contributed by atoms with Gasteiger partial charge in [-0.2, -0.15) is 0 Å². The first-order valence-electron chi connectivity index (χ1n) is 5.92. The van der Waals surface area contributed by atoms with E-state index in [0.717, 1.165) is 37.2 Å². The first kappa shape index (κ1) is 12.0. The molecule has 2 N–H and O–H groups in total. The number of rotatable bonds is 3. The summed E-state index contributed by atoms with van der Waals surface area (Å²) in [7, 11) is 3.18. The lowest BCUT2D eigenvalue weighted by Crippen LogP contribution is -2.28. The minimum atomic E-state index is 0.175. The molecule has 1 fully saturated rings. The monoisotopic (exact) mass is 237 g/mol. The van der Waals surface area contributed by atoms with Crippen LogP contribution >= 0.6 is 0 Å². The Hall–Kier alpha value is -1.42. The second-order valence-corrected chi connectivity index (χ2v) is 4.31. The molecular weight excluding hydrogens is 218 g/mol. The van der Waals surface area contributed by atoms with Gasteiger partial charge < -0.3 is 19.9 Å². The van der Waals surface area contributed by atoms with Gasteiger partial charge in [-0.05, 0) is 25.5 Å². The molecule has 1 aromatic rings. The van der Waals surface area contributed by atoms with Crippen LogP contribution in [0.25, 0.3) is 0 Å². The van der Waals surface area contributed by atoms with Crippen LogP contribution in [0.3, 0.4) is 0 Å². The fourth-order valence-corrected chi connectivity index (χ4v) is 2.34. The number of aromatic hydroxyl groups is 1. The molecule has 94 valence electrons. The molecule has 0 radical (unpaired) electrons. The normalized spacial score (nSPS) is 20.0. The van der Waals surface area contributed by atoms with Crippen molar-refractivity contribution in [1.82, 2.24) is 5.32 Å². The summed E-state index contributed by atoms with van der Waals surface area (Å²) in [6.45, 7) is 2.00. The highest BCUT2D eigenvalue weighted by atomic mass is 16.5. The Morgan fingerprint density at radius 3 is 2.59 bits per heavy atom. The third-order valence-electron chi connectivity index (χ3n) is 3.27. The Kier molecular flexibility index (Phi) is 3.74. The van der Waals surface area contributed by atoms with Crippen molar-refractivity contribution in [1.29, 1.82) is 0 Å². The summed E-state index contributed by atoms with van der Waals surface area (Å²) in [5.74, 6) is 1.81. The van der Waals surface area contributed by atoms with Crippen molar-refractivity contribution in [2.45, 2.75) is 18.8 Å². The van der Waals surface area contributed by atoms with Crippen LogP contribution in [0.15, 0.2) is 12.1 Å². The van der Waals surface area contributed by atoms with Crippen molar-refractivity contribution >= 4 is 0 Å². The molecule has 4 nitrogen and oxygen atoms in total. The Bertz CT molecular complexity index is 386. The SMILES string of the molecule is COc1cc(OC)c(C2CCCNC2)cc1O. The lowest BCUT2D eigenvalue weighted by molar-refractivity contribution is 0.357. The van der Waals surface area contributed by atoms with E-state index in [1.807, 2.05) is 0 Å². The number of hydrogen-bond donors (Lipinski definition) is 2. The molecule has 1 atom stereocenters. The minimum Gasteiger partial charge on any atom is -0.504 e. The van der Waals surface area contributed by atoms with Crippen LogP contribution in [-0.2, 0) is 0 Å². The van der Waals surface area contributed by atoms with Crippen LogP contribution in [0.2, 0.25) is 0 Å². The number of piperidine rings is 1. The van der Waals surface area contributed by atoms with Gasteiger partial charge in [0.2, 0.25) is 0 Å². The van der Waals surface area contributed by atoms with Gasteiger partial charge >= 0.3 is 0 Å². The maximum atomic E-state index is 9.84. The van der Waals surface area contributed by atoms with E-state index in [1.54, 1.807) is 19.2 Å². The molecule has 2 rings (SSSR count). The van der Waals surface area contributed by atoms with Crippen LogP contribution in [0.1, 0.15) is 24.3 Å². The van der Waals surface area contributed by atoms with Crippen molar-refractivity contribution in [3.8, 4) is 17.2 Å². The van der Waals surface area contributed by atoms with E-state index < -0.39 is 0 Å². The zero-order valence-electron chi connectivity index (χ0n) is 10.3. The maximum Gasteiger partial charge on any atom is 0.164 e. The molecule has 17 heavy (non-hydrogen) atoms. The first-order valence-corrected chi connectivity index (χ1v) is 5.92. The van der Waals surface area contributed by atoms with Crippen molar-refractivity contribution in [2.24, 2.45) is 0 Å². The van der Waals surface area contributed by atoms with Crippen LogP contribution < -0.4 is 14.8 Å². The Morgan fingerprint density at radius 1 is 1.24 bits per heavy atom. The van der Waals surface area contributed by atoms with Gasteiger partial charge in [0, 0.05) is 24.1 Å². The molecule has 0 aromatic heterocycles. The third kappa shape index (κ3) is 2.47. The average Bonchev–Trinajstić information content (AvgIpc) is 2.39. The second-order valence-electron chi connectivity index (χ2n) is 4.31. The minimum absolute atomic E-state index is 0.175. The zero-order valence-corrected chi connectivity index (χ0v) is 10.3. The van der Waals surface area contributed by atoms with E-state index in [9.17, 15) is 5.11 Å². The Labute approximate surface area is 102 Å². The highest BCUT2D eigenvalue weighted by Gasteiger charge is 2.21. The van der Waals surface area contributed by atoms with Gasteiger partial charge in [0.15, 0.2) is 11.5 Å². The van der Waals surface area contributed by atoms with E-state index in [1.165, 1.54) is 7.11 Å². The summed E-state index contributed by atoms with van der Waals surface area (Å²) >= 11 is 0. The predicted molar refractivity (Wildman–Crippen MR) is 66.1 cm³/mol.